The standard InChI is InChI=1S/C21H32N4O4/c1-3-29-20(26)15-22-21(27)25-10-4-5-18(16-25)24-13-11-23(12-14-24)17-6-8-19(28-2)9-7-17/h6-9,18H,3-5,10-16H2,1-2H3,(H,22,27)/t18-/m1/s1. The van der Waals surface area contributed by atoms with Gasteiger partial charge in [-0.25, -0.2) is 4.79 Å². The van der Waals surface area contributed by atoms with Crippen molar-refractivity contribution in [3.05, 3.63) is 24.3 Å². The monoisotopic (exact) mass is 404 g/mol. The number of anilines is 1. The number of piperidine rings is 1. The van der Waals surface area contributed by atoms with Crippen LogP contribution in [0.2, 0.25) is 0 Å². The number of nitrogens with zero attached hydrogens (tertiary/aromatic N) is 3. The van der Waals surface area contributed by atoms with E-state index in [0.717, 1.165) is 51.3 Å². The number of carbonyl (C=O) groups is 2. The third-order valence-corrected chi connectivity index (χ3v) is 5.64. The summed E-state index contributed by atoms with van der Waals surface area (Å²) in [5.41, 5.74) is 1.22. The van der Waals surface area contributed by atoms with Crippen molar-refractivity contribution in [1.29, 1.82) is 0 Å². The lowest BCUT2D eigenvalue weighted by atomic mass is 10.0. The summed E-state index contributed by atoms with van der Waals surface area (Å²) in [7, 11) is 1.68. The molecular formula is C21H32N4O4. The third kappa shape index (κ3) is 5.76. The summed E-state index contributed by atoms with van der Waals surface area (Å²) in [5, 5.41) is 2.67. The van der Waals surface area contributed by atoms with Gasteiger partial charge < -0.3 is 24.6 Å². The van der Waals surface area contributed by atoms with Gasteiger partial charge in [-0.05, 0) is 44.0 Å². The second-order valence-electron chi connectivity index (χ2n) is 7.43. The summed E-state index contributed by atoms with van der Waals surface area (Å²) >= 11 is 0. The first-order valence-corrected chi connectivity index (χ1v) is 10.4. The fraction of sp³-hybridized carbons (Fsp3) is 0.619. The molecule has 0 saturated carbocycles. The lowest BCUT2D eigenvalue weighted by molar-refractivity contribution is -0.141. The van der Waals surface area contributed by atoms with Crippen LogP contribution in [0.1, 0.15) is 19.8 Å². The number of likely N-dealkylation sites (tertiary alicyclic amines) is 1. The van der Waals surface area contributed by atoms with Gasteiger partial charge in [0.25, 0.3) is 0 Å². The summed E-state index contributed by atoms with van der Waals surface area (Å²) in [6.07, 6.45) is 2.08. The Morgan fingerprint density at radius 2 is 1.83 bits per heavy atom. The van der Waals surface area contributed by atoms with Crippen LogP contribution in [-0.2, 0) is 9.53 Å². The molecule has 8 heteroatoms. The number of benzene rings is 1. The first-order valence-electron chi connectivity index (χ1n) is 10.4. The molecule has 0 unspecified atom stereocenters. The molecule has 0 aromatic heterocycles. The largest absolute Gasteiger partial charge is 0.497 e. The first-order chi connectivity index (χ1) is 14.1. The Bertz CT molecular complexity index is 674. The maximum atomic E-state index is 12.4. The number of ether oxygens (including phenoxy) is 2. The van der Waals surface area contributed by atoms with Gasteiger partial charge in [-0.15, -0.1) is 0 Å². The molecule has 2 aliphatic heterocycles. The number of hydrogen-bond donors (Lipinski definition) is 1. The van der Waals surface area contributed by atoms with Gasteiger partial charge in [0.05, 0.1) is 13.7 Å². The molecule has 1 atom stereocenters. The number of methoxy groups -OCH3 is 1. The molecule has 160 valence electrons. The van der Waals surface area contributed by atoms with E-state index < -0.39 is 5.97 Å². The van der Waals surface area contributed by atoms with Crippen LogP contribution in [-0.4, -0.2) is 87.4 Å². The fourth-order valence-electron chi connectivity index (χ4n) is 4.05. The van der Waals surface area contributed by atoms with Crippen LogP contribution in [0.3, 0.4) is 0 Å². The Balaban J connectivity index is 1.46. The van der Waals surface area contributed by atoms with Crippen molar-refractivity contribution in [2.24, 2.45) is 0 Å². The maximum Gasteiger partial charge on any atom is 0.325 e. The van der Waals surface area contributed by atoms with Gasteiger partial charge in [0.15, 0.2) is 0 Å². The van der Waals surface area contributed by atoms with Crippen LogP contribution in [0.4, 0.5) is 10.5 Å². The highest BCUT2D eigenvalue weighted by Gasteiger charge is 2.30. The molecular weight excluding hydrogens is 372 g/mol. The van der Waals surface area contributed by atoms with E-state index >= 15 is 0 Å². The molecule has 2 amide bonds. The fourth-order valence-corrected chi connectivity index (χ4v) is 4.05. The minimum atomic E-state index is -0.399. The second kappa shape index (κ2) is 10.3. The van der Waals surface area contributed by atoms with E-state index in [1.165, 1.54) is 5.69 Å². The van der Waals surface area contributed by atoms with Crippen LogP contribution in [0, 0.1) is 0 Å². The minimum absolute atomic E-state index is 0.0750. The predicted molar refractivity (Wildman–Crippen MR) is 111 cm³/mol. The molecule has 2 heterocycles. The van der Waals surface area contributed by atoms with Crippen LogP contribution in [0.25, 0.3) is 0 Å². The minimum Gasteiger partial charge on any atom is -0.497 e. The second-order valence-corrected chi connectivity index (χ2v) is 7.43. The molecule has 1 aromatic rings. The van der Waals surface area contributed by atoms with Crippen molar-refractivity contribution in [3.63, 3.8) is 0 Å². The molecule has 2 aliphatic rings. The summed E-state index contributed by atoms with van der Waals surface area (Å²) < 4.78 is 10.1. The van der Waals surface area contributed by atoms with Gasteiger partial charge in [0.2, 0.25) is 0 Å². The number of piperazine rings is 1. The van der Waals surface area contributed by atoms with Crippen molar-refractivity contribution in [2.75, 3.05) is 64.4 Å². The Hall–Kier alpha value is -2.48. The lowest BCUT2D eigenvalue weighted by Crippen LogP contribution is -2.57. The van der Waals surface area contributed by atoms with E-state index in [4.69, 9.17) is 9.47 Å². The number of rotatable bonds is 6. The molecule has 2 saturated heterocycles. The maximum absolute atomic E-state index is 12.4. The van der Waals surface area contributed by atoms with E-state index in [1.807, 2.05) is 17.0 Å². The number of esters is 1. The average molecular weight is 405 g/mol. The molecule has 8 nitrogen and oxygen atoms in total. The number of amides is 2. The Labute approximate surface area is 172 Å². The highest BCUT2D eigenvalue weighted by atomic mass is 16.5. The van der Waals surface area contributed by atoms with Crippen LogP contribution >= 0.6 is 0 Å². The molecule has 2 fully saturated rings. The van der Waals surface area contributed by atoms with Crippen molar-refractivity contribution in [3.8, 4) is 5.75 Å². The van der Waals surface area contributed by atoms with Crippen LogP contribution in [0.5, 0.6) is 5.75 Å². The third-order valence-electron chi connectivity index (χ3n) is 5.64. The highest BCUT2D eigenvalue weighted by Crippen LogP contribution is 2.23. The Kier molecular flexibility index (Phi) is 7.57. The van der Waals surface area contributed by atoms with Gasteiger partial charge >= 0.3 is 12.0 Å². The average Bonchev–Trinajstić information content (AvgIpc) is 2.78. The number of carbonyl (C=O) groups excluding carboxylic acids is 2. The highest BCUT2D eigenvalue weighted by molar-refractivity contribution is 5.80. The summed E-state index contributed by atoms with van der Waals surface area (Å²) in [6, 6.07) is 8.38. The molecule has 0 bridgehead atoms. The zero-order valence-corrected chi connectivity index (χ0v) is 17.4. The van der Waals surface area contributed by atoms with Crippen LogP contribution < -0.4 is 15.0 Å². The van der Waals surface area contributed by atoms with E-state index in [0.29, 0.717) is 19.2 Å². The molecule has 1 N–H and O–H groups in total. The zero-order chi connectivity index (χ0) is 20.6. The molecule has 0 radical (unpaired) electrons. The summed E-state index contributed by atoms with van der Waals surface area (Å²) in [6.45, 7) is 7.34. The van der Waals surface area contributed by atoms with E-state index in [9.17, 15) is 9.59 Å². The van der Waals surface area contributed by atoms with E-state index in [-0.39, 0.29) is 12.6 Å². The molecule has 1 aromatic carbocycles. The lowest BCUT2D eigenvalue weighted by Gasteiger charge is -2.43. The molecule has 0 spiro atoms. The van der Waals surface area contributed by atoms with Crippen molar-refractivity contribution >= 4 is 17.7 Å². The van der Waals surface area contributed by atoms with Gasteiger partial charge in [-0.1, -0.05) is 0 Å². The topological polar surface area (TPSA) is 74.4 Å². The normalized spacial score (nSPS) is 20.3. The summed E-state index contributed by atoms with van der Waals surface area (Å²) in [4.78, 5) is 30.5. The summed E-state index contributed by atoms with van der Waals surface area (Å²) in [5.74, 6) is 0.472. The van der Waals surface area contributed by atoms with E-state index in [1.54, 1.807) is 14.0 Å². The van der Waals surface area contributed by atoms with Gasteiger partial charge in [-0.3, -0.25) is 9.69 Å². The number of urea groups is 1. The zero-order valence-electron chi connectivity index (χ0n) is 17.4. The predicted octanol–water partition coefficient (Wildman–Crippen LogP) is 1.55. The van der Waals surface area contributed by atoms with Crippen molar-refractivity contribution < 1.29 is 19.1 Å². The molecule has 0 aliphatic carbocycles. The van der Waals surface area contributed by atoms with Crippen LogP contribution in [0.15, 0.2) is 24.3 Å². The molecule has 3 rings (SSSR count). The smallest absolute Gasteiger partial charge is 0.325 e. The van der Waals surface area contributed by atoms with Gasteiger partial charge in [0.1, 0.15) is 12.3 Å². The number of hydrogen-bond acceptors (Lipinski definition) is 6. The Morgan fingerprint density at radius 3 is 2.48 bits per heavy atom. The van der Waals surface area contributed by atoms with Gasteiger partial charge in [-0.2, -0.15) is 0 Å². The van der Waals surface area contributed by atoms with E-state index in [2.05, 4.69) is 27.2 Å². The first kappa shape index (κ1) is 21.2. The Morgan fingerprint density at radius 1 is 1.10 bits per heavy atom. The van der Waals surface area contributed by atoms with Gasteiger partial charge in [0, 0.05) is 51.0 Å². The van der Waals surface area contributed by atoms with Crippen molar-refractivity contribution in [2.45, 2.75) is 25.8 Å². The SMILES string of the molecule is CCOC(=O)CNC(=O)N1CCC[C@@H](N2CCN(c3ccc(OC)cc3)CC2)C1. The quantitative estimate of drug-likeness (QED) is 0.726. The molecule has 29 heavy (non-hydrogen) atoms. The number of nitrogens with one attached hydrogen (secondary N) is 1. The van der Waals surface area contributed by atoms with Crippen molar-refractivity contribution in [1.82, 2.24) is 15.1 Å².